The van der Waals surface area contributed by atoms with Crippen LogP contribution in [-0.2, 0) is 51.0 Å². The average Bonchev–Trinajstić information content (AvgIpc) is 3.85. The standard InChI is InChI=1S/C64H107NO14Si4/c1-15-80(16-2,17-3)76-51-44-53-52(74-53)41-42-56(66)71-47(13)37-33-30-28-27-29-31-36-40-50(43-54-57(62(68)69)55(46-64(70,45-51)75-54)77-81(18-4,19-5)20-6)73-63-60(79-83(24-10,25-11)26-12)58(65-61(67)49-38-34-32-35-39-49)59(48(14)72-63)78-82(21-7,22-8)23-9/h27-36,38-42,47-48,50-55,57-60,63,70H,15-26,37,43-46H2,1-14H3,(H,65,67)(H,68,69)/b28-27+,31-29+,33-30+,40-36+,42-41+/t47-,48-,50+,51+,52-,53-,54+,55+,57+,58+,59-,60+,63+,64-/m1/s1. The van der Waals surface area contributed by atoms with Crippen molar-refractivity contribution in [3.05, 3.63) is 96.7 Å². The Morgan fingerprint density at radius 1 is 0.639 bits per heavy atom. The number of benzene rings is 1. The number of epoxide rings is 1. The van der Waals surface area contributed by atoms with Crippen LogP contribution in [0, 0.1) is 5.92 Å². The van der Waals surface area contributed by atoms with Crippen molar-refractivity contribution in [1.82, 2.24) is 5.32 Å². The molecule has 19 heteroatoms. The number of esters is 1. The van der Waals surface area contributed by atoms with Gasteiger partial charge in [0.05, 0.1) is 48.8 Å². The summed E-state index contributed by atoms with van der Waals surface area (Å²) in [6, 6.07) is 18.4. The van der Waals surface area contributed by atoms with Gasteiger partial charge in [-0.1, -0.05) is 150 Å². The fourth-order valence-corrected chi connectivity index (χ4v) is 24.2. The van der Waals surface area contributed by atoms with Crippen molar-refractivity contribution >= 4 is 51.1 Å². The second-order valence-corrected chi connectivity index (χ2v) is 42.6. The molecule has 15 nitrogen and oxygen atoms in total. The highest BCUT2D eigenvalue weighted by atomic mass is 28.4. The maximum Gasteiger partial charge on any atom is 0.330 e. The van der Waals surface area contributed by atoms with Gasteiger partial charge in [0.25, 0.3) is 5.91 Å². The Morgan fingerprint density at radius 2 is 1.17 bits per heavy atom. The van der Waals surface area contributed by atoms with Crippen LogP contribution < -0.4 is 5.32 Å². The zero-order valence-corrected chi connectivity index (χ0v) is 57.0. The van der Waals surface area contributed by atoms with Crippen LogP contribution in [0.5, 0.6) is 0 Å². The van der Waals surface area contributed by atoms with Gasteiger partial charge in [0.1, 0.15) is 24.2 Å². The lowest BCUT2D eigenvalue weighted by Gasteiger charge is -2.51. The predicted octanol–water partition coefficient (Wildman–Crippen LogP) is 13.7. The van der Waals surface area contributed by atoms with Crippen LogP contribution in [0.4, 0.5) is 0 Å². The van der Waals surface area contributed by atoms with Crippen molar-refractivity contribution in [3.63, 3.8) is 0 Å². The third-order valence-electron chi connectivity index (χ3n) is 19.1. The van der Waals surface area contributed by atoms with Crippen LogP contribution >= 0.6 is 0 Å². The van der Waals surface area contributed by atoms with Crippen LogP contribution in [0.25, 0.3) is 0 Å². The number of hydrogen-bond acceptors (Lipinski definition) is 13. The van der Waals surface area contributed by atoms with E-state index in [4.69, 9.17) is 41.4 Å². The minimum Gasteiger partial charge on any atom is -0.481 e. The van der Waals surface area contributed by atoms with E-state index < -0.39 is 112 Å². The highest BCUT2D eigenvalue weighted by molar-refractivity contribution is 6.74. The van der Waals surface area contributed by atoms with E-state index in [0.29, 0.717) is 18.4 Å². The van der Waals surface area contributed by atoms with E-state index in [2.05, 4.69) is 88.4 Å². The molecule has 1 aromatic carbocycles. The van der Waals surface area contributed by atoms with E-state index in [1.54, 1.807) is 18.2 Å². The SMILES string of the molecule is CC[Si](CC)(CC)O[C@H]1C[C@H]2O[C@@H]2/C=C/C(=O)O[C@H](C)C/C=C/C=C/C=C/C=C/[C@H](O[C@@H]2O[C@H](C)[C@@H](O[Si](CC)(CC)CC)[C@H](NC(=O)c3ccccc3)[C@@H]2O[Si](CC)(CC)CC)C[C@@H]2O[C@](O)(C1)C[C@H](O[Si](CC)(CC)CC)[C@H]2C(=O)O. The first-order valence-corrected chi connectivity index (χ1v) is 42.0. The molecule has 0 unspecified atom stereocenters. The molecule has 468 valence electrons. The Hall–Kier alpha value is -3.16. The van der Waals surface area contributed by atoms with Crippen LogP contribution in [0.2, 0.25) is 72.5 Å². The number of amides is 1. The molecule has 1 amide bonds. The van der Waals surface area contributed by atoms with Gasteiger partial charge >= 0.3 is 11.9 Å². The van der Waals surface area contributed by atoms with Gasteiger partial charge in [-0.05, 0) is 105 Å². The van der Waals surface area contributed by atoms with Gasteiger partial charge < -0.3 is 56.9 Å². The molecule has 5 rings (SSSR count). The molecule has 4 aliphatic rings. The first-order valence-electron chi connectivity index (χ1n) is 31.9. The minimum absolute atomic E-state index is 0.0195. The Bertz CT molecular complexity index is 2270. The largest absolute Gasteiger partial charge is 0.481 e. The Labute approximate surface area is 503 Å². The third-order valence-corrected chi connectivity index (χ3v) is 37.7. The molecule has 3 saturated heterocycles. The highest BCUT2D eigenvalue weighted by Gasteiger charge is 2.56. The van der Waals surface area contributed by atoms with Crippen LogP contribution in [-0.4, -0.2) is 140 Å². The van der Waals surface area contributed by atoms with Gasteiger partial charge in [0.15, 0.2) is 45.3 Å². The number of aliphatic hydroxyl groups is 1. The summed E-state index contributed by atoms with van der Waals surface area (Å²) in [5.41, 5.74) is 0.503. The topological polar surface area (TPSA) is 190 Å². The van der Waals surface area contributed by atoms with E-state index in [1.165, 1.54) is 6.08 Å². The fourth-order valence-electron chi connectivity index (χ4n) is 12.6. The van der Waals surface area contributed by atoms with Gasteiger partial charge in [-0.3, -0.25) is 9.59 Å². The molecule has 83 heavy (non-hydrogen) atoms. The van der Waals surface area contributed by atoms with E-state index in [0.717, 1.165) is 72.5 Å². The molecule has 4 aliphatic heterocycles. The number of rotatable bonds is 25. The first kappa shape index (κ1) is 70.6. The van der Waals surface area contributed by atoms with Crippen molar-refractivity contribution in [2.75, 3.05) is 0 Å². The number of carboxylic acids is 1. The summed E-state index contributed by atoms with van der Waals surface area (Å²) in [6.07, 6.45) is 11.6. The van der Waals surface area contributed by atoms with Crippen LogP contribution in [0.1, 0.15) is 139 Å². The van der Waals surface area contributed by atoms with E-state index in [-0.39, 0.29) is 43.5 Å². The number of hydrogen-bond donors (Lipinski definition) is 3. The number of allylic oxidation sites excluding steroid dienone is 6. The van der Waals surface area contributed by atoms with Crippen molar-refractivity contribution in [1.29, 1.82) is 0 Å². The molecule has 4 heterocycles. The monoisotopic (exact) mass is 1230 g/mol. The molecule has 0 radical (unpaired) electrons. The third kappa shape index (κ3) is 19.4. The van der Waals surface area contributed by atoms with Gasteiger partial charge in [-0.25, -0.2) is 4.79 Å². The molecule has 3 fully saturated rings. The number of ether oxygens (including phenoxy) is 5. The van der Waals surface area contributed by atoms with Crippen molar-refractivity contribution in [2.24, 2.45) is 5.92 Å². The number of aliphatic carboxylic acids is 1. The summed E-state index contributed by atoms with van der Waals surface area (Å²) in [6.45, 7) is 29.8. The molecular weight excluding hydrogens is 1120 g/mol. The molecule has 0 saturated carbocycles. The zero-order valence-electron chi connectivity index (χ0n) is 53.0. The summed E-state index contributed by atoms with van der Waals surface area (Å²) < 4.78 is 62.9. The summed E-state index contributed by atoms with van der Waals surface area (Å²) in [7, 11) is -9.77. The highest BCUT2D eigenvalue weighted by Crippen LogP contribution is 2.45. The molecule has 0 spiro atoms. The minimum atomic E-state index is -2.54. The van der Waals surface area contributed by atoms with Gasteiger partial charge in [0, 0.05) is 43.7 Å². The number of carbonyl (C=O) groups excluding carboxylic acids is 2. The smallest absolute Gasteiger partial charge is 0.330 e. The van der Waals surface area contributed by atoms with Crippen molar-refractivity contribution in [2.45, 2.75) is 281 Å². The quantitative estimate of drug-likeness (QED) is 0.0476. The Kier molecular flexibility index (Phi) is 28.3. The number of fused-ring (bicyclic) bond motifs is 3. The second-order valence-electron chi connectivity index (χ2n) is 23.7. The first-order chi connectivity index (χ1) is 39.7. The zero-order chi connectivity index (χ0) is 61.0. The summed E-state index contributed by atoms with van der Waals surface area (Å²) >= 11 is 0. The van der Waals surface area contributed by atoms with Gasteiger partial charge in [0.2, 0.25) is 0 Å². The summed E-state index contributed by atoms with van der Waals surface area (Å²) in [5.74, 6) is -4.91. The lowest BCUT2D eigenvalue weighted by atomic mass is 9.83. The van der Waals surface area contributed by atoms with E-state index >= 15 is 0 Å². The lowest BCUT2D eigenvalue weighted by Crippen LogP contribution is -2.68. The number of cyclic esters (lactones) is 1. The lowest BCUT2D eigenvalue weighted by molar-refractivity contribution is -0.305. The predicted molar refractivity (Wildman–Crippen MR) is 339 cm³/mol. The molecule has 0 aromatic heterocycles. The number of nitrogens with one attached hydrogen (secondary N) is 1. The molecule has 0 aliphatic carbocycles. The Balaban J connectivity index is 1.72. The number of carbonyl (C=O) groups is 3. The van der Waals surface area contributed by atoms with Crippen LogP contribution in [0.15, 0.2) is 91.1 Å². The molecule has 1 aromatic rings. The maximum atomic E-state index is 14.6. The summed E-state index contributed by atoms with van der Waals surface area (Å²) in [4.78, 5) is 41.7. The fraction of sp³-hybridized carbons (Fsp3) is 0.703. The number of carboxylic acid groups (broad SMARTS) is 1. The van der Waals surface area contributed by atoms with Crippen molar-refractivity contribution < 1.29 is 66.0 Å². The van der Waals surface area contributed by atoms with Crippen LogP contribution in [0.3, 0.4) is 0 Å². The van der Waals surface area contributed by atoms with E-state index in [9.17, 15) is 24.6 Å². The average molecular weight is 1230 g/mol. The molecule has 14 atom stereocenters. The second kappa shape index (κ2) is 33.3. The van der Waals surface area contributed by atoms with Gasteiger partial charge in [-0.15, -0.1) is 0 Å². The Morgan fingerprint density at radius 3 is 1.73 bits per heavy atom. The summed E-state index contributed by atoms with van der Waals surface area (Å²) in [5, 5.41) is 28.3. The van der Waals surface area contributed by atoms with E-state index in [1.807, 2.05) is 80.7 Å². The molecule has 2 bridgehead atoms. The maximum absolute atomic E-state index is 14.6. The van der Waals surface area contributed by atoms with Gasteiger partial charge in [-0.2, -0.15) is 0 Å². The normalized spacial score (nSPS) is 32.7. The molecular formula is C64H107NO14Si4. The van der Waals surface area contributed by atoms with Crippen molar-refractivity contribution in [3.8, 4) is 0 Å². The molecule has 3 N–H and O–H groups in total.